The maximum absolute atomic E-state index is 11.8. The van der Waals surface area contributed by atoms with Gasteiger partial charge in [0, 0.05) is 23.9 Å². The number of anilines is 1. The Labute approximate surface area is 163 Å². The van der Waals surface area contributed by atoms with Crippen molar-refractivity contribution in [2.45, 2.75) is 39.3 Å². The molecule has 0 amide bonds. The predicted octanol–water partition coefficient (Wildman–Crippen LogP) is 2.70. The molecule has 4 rings (SSSR count). The second-order valence-electron chi connectivity index (χ2n) is 7.72. The molecule has 8 nitrogen and oxygen atoms in total. The van der Waals surface area contributed by atoms with Crippen molar-refractivity contribution in [1.29, 1.82) is 0 Å². The van der Waals surface area contributed by atoms with E-state index in [4.69, 9.17) is 4.42 Å². The quantitative estimate of drug-likeness (QED) is 0.701. The third kappa shape index (κ3) is 3.66. The third-order valence-corrected chi connectivity index (χ3v) is 7.04. The van der Waals surface area contributed by atoms with E-state index in [1.165, 1.54) is 5.56 Å². The maximum Gasteiger partial charge on any atom is 0.316 e. The number of aromatic nitrogens is 4. The summed E-state index contributed by atoms with van der Waals surface area (Å²) >= 11 is 0. The minimum Gasteiger partial charge on any atom is -0.403 e. The van der Waals surface area contributed by atoms with Crippen LogP contribution in [0.3, 0.4) is 0 Å². The summed E-state index contributed by atoms with van der Waals surface area (Å²) < 4.78 is 31.1. The summed E-state index contributed by atoms with van der Waals surface area (Å²) in [6.45, 7) is 6.43. The highest BCUT2D eigenvalue weighted by atomic mass is 32.2. The smallest absolute Gasteiger partial charge is 0.316 e. The van der Waals surface area contributed by atoms with Crippen molar-refractivity contribution >= 4 is 15.9 Å². The number of rotatable bonds is 5. The lowest BCUT2D eigenvalue weighted by molar-refractivity contribution is 0.328. The Morgan fingerprint density at radius 1 is 1.29 bits per heavy atom. The zero-order valence-corrected chi connectivity index (χ0v) is 17.0. The summed E-state index contributed by atoms with van der Waals surface area (Å²) in [4.78, 5) is 0. The van der Waals surface area contributed by atoms with Crippen molar-refractivity contribution in [2.24, 2.45) is 0 Å². The zero-order valence-electron chi connectivity index (χ0n) is 16.1. The summed E-state index contributed by atoms with van der Waals surface area (Å²) in [5.74, 6) is 0.803. The van der Waals surface area contributed by atoms with E-state index in [0.717, 1.165) is 16.7 Å². The molecule has 2 aromatic heterocycles. The van der Waals surface area contributed by atoms with E-state index < -0.39 is 15.4 Å². The van der Waals surface area contributed by atoms with Gasteiger partial charge in [-0.1, -0.05) is 22.8 Å². The summed E-state index contributed by atoms with van der Waals surface area (Å²) in [5, 5.41) is 15.6. The van der Waals surface area contributed by atoms with Crippen LogP contribution in [0.1, 0.15) is 30.0 Å². The molecule has 0 aliphatic carbocycles. The Kier molecular flexibility index (Phi) is 4.49. The van der Waals surface area contributed by atoms with Crippen LogP contribution in [0.5, 0.6) is 0 Å². The van der Waals surface area contributed by atoms with E-state index in [1.54, 1.807) is 10.9 Å². The van der Waals surface area contributed by atoms with Gasteiger partial charge in [-0.3, -0.25) is 4.68 Å². The van der Waals surface area contributed by atoms with E-state index in [9.17, 15) is 8.42 Å². The van der Waals surface area contributed by atoms with Crippen molar-refractivity contribution < 1.29 is 12.8 Å². The first kappa shape index (κ1) is 18.7. The van der Waals surface area contributed by atoms with Gasteiger partial charge in [0.1, 0.15) is 0 Å². The summed E-state index contributed by atoms with van der Waals surface area (Å²) in [6.07, 6.45) is 4.17. The van der Waals surface area contributed by atoms with E-state index >= 15 is 0 Å². The number of nitrogens with one attached hydrogen (secondary N) is 1. The van der Waals surface area contributed by atoms with Gasteiger partial charge in [-0.2, -0.15) is 5.10 Å². The van der Waals surface area contributed by atoms with Gasteiger partial charge < -0.3 is 9.73 Å². The Balaban J connectivity index is 1.44. The lowest BCUT2D eigenvalue weighted by Crippen LogP contribution is -2.31. The molecule has 1 unspecified atom stereocenters. The SMILES string of the molecule is Cc1ccc(-c2nnc(NCc3cnn(C4(C)CCS(=O)(=O)C4)c3)o2)c(C)c1. The van der Waals surface area contributed by atoms with Crippen LogP contribution in [-0.4, -0.2) is 39.9 Å². The molecule has 1 N–H and O–H groups in total. The fraction of sp³-hybridized carbons (Fsp3) is 0.421. The lowest BCUT2D eigenvalue weighted by Gasteiger charge is -2.22. The van der Waals surface area contributed by atoms with Crippen LogP contribution in [0.15, 0.2) is 35.0 Å². The number of sulfone groups is 1. The van der Waals surface area contributed by atoms with Crippen LogP contribution in [0, 0.1) is 13.8 Å². The molecule has 1 aliphatic heterocycles. The molecule has 1 aliphatic rings. The normalized spacial score (nSPS) is 21.1. The molecule has 3 heterocycles. The molecule has 0 radical (unpaired) electrons. The van der Waals surface area contributed by atoms with Crippen LogP contribution in [0.2, 0.25) is 0 Å². The highest BCUT2D eigenvalue weighted by molar-refractivity contribution is 7.91. The van der Waals surface area contributed by atoms with E-state index in [1.807, 2.05) is 39.1 Å². The van der Waals surface area contributed by atoms with Crippen LogP contribution in [0.25, 0.3) is 11.5 Å². The van der Waals surface area contributed by atoms with Gasteiger partial charge in [0.15, 0.2) is 9.84 Å². The zero-order chi connectivity index (χ0) is 19.9. The molecular weight excluding hydrogens is 378 g/mol. The third-order valence-electron chi connectivity index (χ3n) is 5.15. The van der Waals surface area contributed by atoms with Crippen LogP contribution >= 0.6 is 0 Å². The summed E-state index contributed by atoms with van der Waals surface area (Å²) in [5.41, 5.74) is 3.60. The Bertz CT molecular complexity index is 1120. The Hall–Kier alpha value is -2.68. The fourth-order valence-corrected chi connectivity index (χ4v) is 5.67. The minimum absolute atomic E-state index is 0.122. The first-order valence-electron chi connectivity index (χ1n) is 9.14. The number of benzene rings is 1. The molecule has 28 heavy (non-hydrogen) atoms. The number of nitrogens with zero attached hydrogens (tertiary/aromatic N) is 4. The summed E-state index contributed by atoms with van der Waals surface area (Å²) in [7, 11) is -2.99. The largest absolute Gasteiger partial charge is 0.403 e. The molecule has 1 fully saturated rings. The Morgan fingerprint density at radius 2 is 2.11 bits per heavy atom. The van der Waals surface area contributed by atoms with Crippen LogP contribution < -0.4 is 5.32 Å². The van der Waals surface area contributed by atoms with Gasteiger partial charge >= 0.3 is 6.01 Å². The second-order valence-corrected chi connectivity index (χ2v) is 9.90. The highest BCUT2D eigenvalue weighted by Gasteiger charge is 2.40. The van der Waals surface area contributed by atoms with Crippen molar-refractivity contribution in [3.05, 3.63) is 47.3 Å². The van der Waals surface area contributed by atoms with Crippen molar-refractivity contribution in [2.75, 3.05) is 16.8 Å². The number of aryl methyl sites for hydroxylation is 2. The molecule has 1 atom stereocenters. The molecule has 1 aromatic carbocycles. The Morgan fingerprint density at radius 3 is 2.82 bits per heavy atom. The average Bonchev–Trinajstić information content (AvgIpc) is 3.33. The molecule has 1 saturated heterocycles. The molecule has 0 bridgehead atoms. The first-order chi connectivity index (χ1) is 13.2. The monoisotopic (exact) mass is 401 g/mol. The molecule has 0 saturated carbocycles. The topological polar surface area (TPSA) is 103 Å². The van der Waals surface area contributed by atoms with Crippen molar-refractivity contribution in [1.82, 2.24) is 20.0 Å². The predicted molar refractivity (Wildman–Crippen MR) is 106 cm³/mol. The molecule has 148 valence electrons. The maximum atomic E-state index is 11.8. The van der Waals surface area contributed by atoms with Gasteiger partial charge in [-0.05, 0) is 38.8 Å². The number of hydrogen-bond donors (Lipinski definition) is 1. The lowest BCUT2D eigenvalue weighted by atomic mass is 10.0. The van der Waals surface area contributed by atoms with Crippen LogP contribution in [0.4, 0.5) is 6.01 Å². The van der Waals surface area contributed by atoms with Gasteiger partial charge in [0.05, 0.1) is 23.2 Å². The van der Waals surface area contributed by atoms with Crippen LogP contribution in [-0.2, 0) is 21.9 Å². The van der Waals surface area contributed by atoms with Crippen molar-refractivity contribution in [3.8, 4) is 11.5 Å². The molecule has 9 heteroatoms. The molecule has 0 spiro atoms. The minimum atomic E-state index is -2.99. The fourth-order valence-electron chi connectivity index (χ4n) is 3.56. The molecular formula is C19H23N5O3S. The average molecular weight is 401 g/mol. The highest BCUT2D eigenvalue weighted by Crippen LogP contribution is 2.30. The standard InChI is InChI=1S/C19H23N5O3S/c1-13-4-5-16(14(2)8-13)17-22-23-18(27-17)20-9-15-10-21-24(11-15)19(3)6-7-28(25,26)12-19/h4-5,8,10-11H,6-7,9,12H2,1-3H3,(H,20,23). The summed E-state index contributed by atoms with van der Waals surface area (Å²) in [6, 6.07) is 6.39. The van der Waals surface area contributed by atoms with E-state index in [0.29, 0.717) is 24.9 Å². The van der Waals surface area contributed by atoms with Gasteiger partial charge in [0.25, 0.3) is 0 Å². The van der Waals surface area contributed by atoms with Gasteiger partial charge in [-0.15, -0.1) is 5.10 Å². The first-order valence-corrected chi connectivity index (χ1v) is 11.0. The van der Waals surface area contributed by atoms with E-state index in [-0.39, 0.29) is 11.5 Å². The number of hydrogen-bond acceptors (Lipinski definition) is 7. The van der Waals surface area contributed by atoms with Gasteiger partial charge in [0.2, 0.25) is 5.89 Å². The second kappa shape index (κ2) is 6.73. The van der Waals surface area contributed by atoms with Crippen molar-refractivity contribution in [3.63, 3.8) is 0 Å². The molecule has 3 aromatic rings. The van der Waals surface area contributed by atoms with E-state index in [2.05, 4.69) is 26.7 Å². The van der Waals surface area contributed by atoms with Gasteiger partial charge in [-0.25, -0.2) is 8.42 Å².